The van der Waals surface area contributed by atoms with Crippen molar-refractivity contribution in [3.05, 3.63) is 35.1 Å². The summed E-state index contributed by atoms with van der Waals surface area (Å²) in [6.45, 7) is 6.17. The molecular formula is C12H17F. The molecule has 0 N–H and O–H groups in total. The van der Waals surface area contributed by atoms with E-state index >= 15 is 0 Å². The molecule has 0 aliphatic rings. The average molecular weight is 180 g/mol. The Morgan fingerprint density at radius 1 is 1.38 bits per heavy atom. The van der Waals surface area contributed by atoms with E-state index in [9.17, 15) is 4.39 Å². The summed E-state index contributed by atoms with van der Waals surface area (Å²) >= 11 is 0. The molecule has 1 aromatic rings. The quantitative estimate of drug-likeness (QED) is 0.658. The Labute approximate surface area is 79.8 Å². The topological polar surface area (TPSA) is 0 Å². The maximum Gasteiger partial charge on any atom is 0.126 e. The van der Waals surface area contributed by atoms with Crippen LogP contribution in [-0.4, -0.2) is 0 Å². The normalized spacial score (nSPS) is 12.9. The fraction of sp³-hybridized carbons (Fsp3) is 0.500. The summed E-state index contributed by atoms with van der Waals surface area (Å²) in [4.78, 5) is 0. The van der Waals surface area contributed by atoms with Crippen molar-refractivity contribution in [2.45, 2.75) is 39.5 Å². The van der Waals surface area contributed by atoms with Gasteiger partial charge < -0.3 is 0 Å². The van der Waals surface area contributed by atoms with E-state index in [4.69, 9.17) is 0 Å². The van der Waals surface area contributed by atoms with Crippen LogP contribution in [-0.2, 0) is 0 Å². The molecule has 0 heterocycles. The summed E-state index contributed by atoms with van der Waals surface area (Å²) in [7, 11) is 0. The van der Waals surface area contributed by atoms with E-state index in [1.165, 1.54) is 6.07 Å². The van der Waals surface area contributed by atoms with Crippen LogP contribution in [0.1, 0.15) is 43.7 Å². The fourth-order valence-corrected chi connectivity index (χ4v) is 1.75. The maximum atomic E-state index is 13.2. The lowest BCUT2D eigenvalue weighted by molar-refractivity contribution is 0.602. The number of halogens is 1. The van der Waals surface area contributed by atoms with Crippen LogP contribution in [0.15, 0.2) is 18.2 Å². The van der Waals surface area contributed by atoms with Crippen LogP contribution in [0.25, 0.3) is 0 Å². The zero-order chi connectivity index (χ0) is 9.84. The zero-order valence-electron chi connectivity index (χ0n) is 8.60. The maximum absolute atomic E-state index is 13.2. The highest BCUT2D eigenvalue weighted by molar-refractivity contribution is 5.29. The third-order valence-electron chi connectivity index (χ3n) is 2.56. The van der Waals surface area contributed by atoms with Crippen molar-refractivity contribution >= 4 is 0 Å². The van der Waals surface area contributed by atoms with Crippen molar-refractivity contribution in [3.8, 4) is 0 Å². The van der Waals surface area contributed by atoms with E-state index in [2.05, 4.69) is 13.8 Å². The SMILES string of the molecule is CCCC(C)c1cccc(F)c1C. The van der Waals surface area contributed by atoms with Gasteiger partial charge in [-0.15, -0.1) is 0 Å². The highest BCUT2D eigenvalue weighted by Gasteiger charge is 2.09. The second-order valence-electron chi connectivity index (χ2n) is 3.64. The molecule has 0 bridgehead atoms. The van der Waals surface area contributed by atoms with Crippen molar-refractivity contribution in [2.75, 3.05) is 0 Å². The molecule has 1 rings (SSSR count). The molecular weight excluding hydrogens is 163 g/mol. The van der Waals surface area contributed by atoms with Crippen LogP contribution < -0.4 is 0 Å². The predicted molar refractivity (Wildman–Crippen MR) is 54.5 cm³/mol. The highest BCUT2D eigenvalue weighted by atomic mass is 19.1. The minimum atomic E-state index is -0.0829. The van der Waals surface area contributed by atoms with Crippen molar-refractivity contribution < 1.29 is 4.39 Å². The fourth-order valence-electron chi connectivity index (χ4n) is 1.75. The third kappa shape index (κ3) is 2.30. The lowest BCUT2D eigenvalue weighted by atomic mass is 9.93. The van der Waals surface area contributed by atoms with Gasteiger partial charge in [0, 0.05) is 0 Å². The molecule has 0 aromatic heterocycles. The van der Waals surface area contributed by atoms with Crippen LogP contribution in [0.4, 0.5) is 4.39 Å². The molecule has 0 radical (unpaired) electrons. The first kappa shape index (κ1) is 10.2. The molecule has 0 spiro atoms. The summed E-state index contributed by atoms with van der Waals surface area (Å²) in [6, 6.07) is 5.35. The number of rotatable bonds is 3. The van der Waals surface area contributed by atoms with Crippen molar-refractivity contribution in [1.82, 2.24) is 0 Å². The summed E-state index contributed by atoms with van der Waals surface area (Å²) in [5.74, 6) is 0.390. The van der Waals surface area contributed by atoms with E-state index in [-0.39, 0.29) is 5.82 Å². The van der Waals surface area contributed by atoms with E-state index in [1.54, 1.807) is 6.07 Å². The van der Waals surface area contributed by atoms with Gasteiger partial charge in [-0.1, -0.05) is 32.4 Å². The molecule has 1 unspecified atom stereocenters. The first-order valence-electron chi connectivity index (χ1n) is 4.91. The lowest BCUT2D eigenvalue weighted by Gasteiger charge is -2.13. The van der Waals surface area contributed by atoms with Gasteiger partial charge in [-0.25, -0.2) is 4.39 Å². The highest BCUT2D eigenvalue weighted by Crippen LogP contribution is 2.24. The first-order valence-corrected chi connectivity index (χ1v) is 4.91. The van der Waals surface area contributed by atoms with Gasteiger partial charge in [-0.05, 0) is 36.5 Å². The molecule has 0 aliphatic carbocycles. The molecule has 0 saturated heterocycles. The van der Waals surface area contributed by atoms with Gasteiger partial charge in [0.1, 0.15) is 5.82 Å². The minimum absolute atomic E-state index is 0.0829. The van der Waals surface area contributed by atoms with E-state index < -0.39 is 0 Å². The van der Waals surface area contributed by atoms with Crippen LogP contribution >= 0.6 is 0 Å². The number of benzene rings is 1. The van der Waals surface area contributed by atoms with Gasteiger partial charge in [-0.2, -0.15) is 0 Å². The van der Waals surface area contributed by atoms with Crippen LogP contribution in [0.5, 0.6) is 0 Å². The van der Waals surface area contributed by atoms with Crippen molar-refractivity contribution in [1.29, 1.82) is 0 Å². The Kier molecular flexibility index (Phi) is 3.47. The van der Waals surface area contributed by atoms with Crippen LogP contribution in [0.3, 0.4) is 0 Å². The van der Waals surface area contributed by atoms with E-state index in [0.717, 1.165) is 24.0 Å². The molecule has 0 saturated carbocycles. The van der Waals surface area contributed by atoms with Gasteiger partial charge in [0.25, 0.3) is 0 Å². The lowest BCUT2D eigenvalue weighted by Crippen LogP contribution is -1.98. The summed E-state index contributed by atoms with van der Waals surface area (Å²) in [5, 5.41) is 0. The Balaban J connectivity index is 2.93. The molecule has 1 heteroatoms. The molecule has 13 heavy (non-hydrogen) atoms. The molecule has 72 valence electrons. The summed E-state index contributed by atoms with van der Waals surface area (Å²) < 4.78 is 13.2. The summed E-state index contributed by atoms with van der Waals surface area (Å²) in [5.41, 5.74) is 1.96. The number of hydrogen-bond acceptors (Lipinski definition) is 0. The first-order chi connectivity index (χ1) is 6.16. The Morgan fingerprint density at radius 3 is 2.69 bits per heavy atom. The van der Waals surface area contributed by atoms with Gasteiger partial charge in [0.05, 0.1) is 0 Å². The Hall–Kier alpha value is -0.850. The predicted octanol–water partition coefficient (Wildman–Crippen LogP) is 4.04. The summed E-state index contributed by atoms with van der Waals surface area (Å²) in [6.07, 6.45) is 2.28. The second kappa shape index (κ2) is 4.40. The smallest absolute Gasteiger partial charge is 0.126 e. The zero-order valence-corrected chi connectivity index (χ0v) is 8.60. The Bertz CT molecular complexity index is 278. The molecule has 1 aromatic carbocycles. The van der Waals surface area contributed by atoms with Crippen LogP contribution in [0.2, 0.25) is 0 Å². The largest absolute Gasteiger partial charge is 0.207 e. The molecule has 0 aliphatic heterocycles. The molecule has 0 amide bonds. The van der Waals surface area contributed by atoms with Crippen LogP contribution in [0, 0.1) is 12.7 Å². The monoisotopic (exact) mass is 180 g/mol. The second-order valence-corrected chi connectivity index (χ2v) is 3.64. The average Bonchev–Trinajstić information content (AvgIpc) is 2.10. The number of hydrogen-bond donors (Lipinski definition) is 0. The van der Waals surface area contributed by atoms with Crippen molar-refractivity contribution in [2.24, 2.45) is 0 Å². The van der Waals surface area contributed by atoms with E-state index in [1.807, 2.05) is 13.0 Å². The molecule has 0 nitrogen and oxygen atoms in total. The van der Waals surface area contributed by atoms with Gasteiger partial charge in [0.2, 0.25) is 0 Å². The van der Waals surface area contributed by atoms with Gasteiger partial charge >= 0.3 is 0 Å². The molecule has 1 atom stereocenters. The standard InChI is InChI=1S/C12H17F/c1-4-6-9(2)11-7-5-8-12(13)10(11)3/h5,7-9H,4,6H2,1-3H3. The van der Waals surface area contributed by atoms with Gasteiger partial charge in [-0.3, -0.25) is 0 Å². The van der Waals surface area contributed by atoms with Crippen molar-refractivity contribution in [3.63, 3.8) is 0 Å². The molecule has 0 fully saturated rings. The third-order valence-corrected chi connectivity index (χ3v) is 2.56. The van der Waals surface area contributed by atoms with E-state index in [0.29, 0.717) is 5.92 Å². The Morgan fingerprint density at radius 2 is 2.08 bits per heavy atom. The minimum Gasteiger partial charge on any atom is -0.207 e. The van der Waals surface area contributed by atoms with Gasteiger partial charge in [0.15, 0.2) is 0 Å².